The monoisotopic (exact) mass is 880 g/mol. The van der Waals surface area contributed by atoms with Crippen LogP contribution in [0, 0.1) is 17.6 Å². The van der Waals surface area contributed by atoms with Gasteiger partial charge in [0.25, 0.3) is 0 Å². The van der Waals surface area contributed by atoms with Gasteiger partial charge in [-0.25, -0.2) is 18.4 Å². The lowest BCUT2D eigenvalue weighted by Gasteiger charge is -2.40. The molecule has 326 valence electrons. The third-order valence-electron chi connectivity index (χ3n) is 10.8. The summed E-state index contributed by atoms with van der Waals surface area (Å²) < 4.78 is 51.3. The second-order valence-electron chi connectivity index (χ2n) is 18.1. The van der Waals surface area contributed by atoms with Gasteiger partial charge in [0.05, 0.1) is 16.5 Å². The molecule has 2 atom stereocenters. The molecule has 2 aliphatic carbocycles. The lowest BCUT2D eigenvalue weighted by molar-refractivity contribution is -0.139. The Kier molecular flexibility index (Phi) is 12.9. The van der Waals surface area contributed by atoms with E-state index in [1.807, 2.05) is 76.8 Å². The summed E-state index contributed by atoms with van der Waals surface area (Å²) in [6.07, 6.45) is 3.25. The smallest absolute Gasteiger partial charge is 0.410 e. The summed E-state index contributed by atoms with van der Waals surface area (Å²) in [4.78, 5) is 46.8. The predicted molar refractivity (Wildman–Crippen MR) is 226 cm³/mol. The Morgan fingerprint density at radius 2 is 1.48 bits per heavy atom. The highest BCUT2D eigenvalue weighted by Crippen LogP contribution is 2.40. The number of carbonyl (C=O) groups is 3. The maximum atomic E-state index is 14.9. The molecule has 11 nitrogen and oxygen atoms in total. The number of piperidine rings is 1. The van der Waals surface area contributed by atoms with Gasteiger partial charge in [-0.05, 0) is 127 Å². The number of likely N-dealkylation sites (tertiary alicyclic amines) is 1. The van der Waals surface area contributed by atoms with Crippen LogP contribution in [0.4, 0.5) is 18.4 Å². The summed E-state index contributed by atoms with van der Waals surface area (Å²) in [6, 6.07) is 16.6. The van der Waals surface area contributed by atoms with Crippen LogP contribution in [-0.4, -0.2) is 74.3 Å². The molecule has 7 rings (SSSR count). The number of benzene rings is 3. The first-order valence-corrected chi connectivity index (χ1v) is 21.5. The van der Waals surface area contributed by atoms with Gasteiger partial charge >= 0.3 is 12.2 Å². The molecule has 61 heavy (non-hydrogen) atoms. The molecule has 2 heterocycles. The highest BCUT2D eigenvalue weighted by atomic mass is 35.5. The summed E-state index contributed by atoms with van der Waals surface area (Å²) in [5.74, 6) is -1.63. The van der Waals surface area contributed by atoms with Crippen LogP contribution in [0.5, 0.6) is 5.75 Å². The van der Waals surface area contributed by atoms with E-state index < -0.39 is 39.9 Å². The quantitative estimate of drug-likeness (QED) is 0.129. The zero-order valence-electron chi connectivity index (χ0n) is 35.3. The Morgan fingerprint density at radius 1 is 0.820 bits per heavy atom. The largest absolute Gasteiger partial charge is 0.486 e. The highest BCUT2D eigenvalue weighted by Gasteiger charge is 2.44. The molecule has 15 heteroatoms. The Hall–Kier alpha value is -4.88. The van der Waals surface area contributed by atoms with E-state index in [1.165, 1.54) is 6.07 Å². The van der Waals surface area contributed by atoms with Crippen LogP contribution in [0.25, 0.3) is 11.3 Å². The van der Waals surface area contributed by atoms with Crippen molar-refractivity contribution in [3.05, 3.63) is 105 Å². The highest BCUT2D eigenvalue weighted by molar-refractivity contribution is 6.33. The van der Waals surface area contributed by atoms with Crippen molar-refractivity contribution < 1.29 is 41.9 Å². The van der Waals surface area contributed by atoms with E-state index in [2.05, 4.69) is 5.16 Å². The first-order chi connectivity index (χ1) is 28.8. The summed E-state index contributed by atoms with van der Waals surface area (Å²) in [5.41, 5.74) is 1.09. The maximum absolute atomic E-state index is 14.9. The number of carbonyl (C=O) groups excluding carboxylic acids is 3. The minimum absolute atomic E-state index is 0.0234. The number of ether oxygens (including phenoxy) is 3. The molecule has 3 fully saturated rings. The molecule has 1 aromatic heterocycles. The van der Waals surface area contributed by atoms with Gasteiger partial charge in [-0.3, -0.25) is 4.79 Å². The number of halogens is 4. The average molecular weight is 882 g/mol. The summed E-state index contributed by atoms with van der Waals surface area (Å²) >= 11 is 12.8. The van der Waals surface area contributed by atoms with Gasteiger partial charge in [0.15, 0.2) is 5.76 Å². The topological polar surface area (TPSA) is 115 Å². The number of nitrogens with zero attached hydrogens (tertiary/aromatic N) is 4. The van der Waals surface area contributed by atoms with Gasteiger partial charge < -0.3 is 33.4 Å². The van der Waals surface area contributed by atoms with E-state index in [0.717, 1.165) is 54.5 Å². The molecule has 2 saturated carbocycles. The first kappa shape index (κ1) is 44.2. The SMILES string of the molecule is CC(C)(C)OC(=O)N1CCC(c2ccc(OCc3cc(-c4c(F)ccc(F)c4Cl)no3)cc2)C(C(=O)N(Cc2cc(CN(C(=O)OC(C)(C)C)C3CC3)ccc2Cl)C2CC2)C1. The van der Waals surface area contributed by atoms with Gasteiger partial charge in [-0.1, -0.05) is 52.6 Å². The van der Waals surface area contributed by atoms with Crippen LogP contribution in [-0.2, 0) is 34.0 Å². The molecule has 4 aromatic rings. The lowest BCUT2D eigenvalue weighted by Crippen LogP contribution is -2.51. The number of hydrogen-bond acceptors (Lipinski definition) is 8. The van der Waals surface area contributed by atoms with E-state index in [4.69, 9.17) is 41.9 Å². The summed E-state index contributed by atoms with van der Waals surface area (Å²) in [5, 5.41) is 3.99. The van der Waals surface area contributed by atoms with Gasteiger partial charge in [-0.2, -0.15) is 0 Å². The van der Waals surface area contributed by atoms with Gasteiger partial charge in [-0.15, -0.1) is 0 Å². The third-order valence-corrected chi connectivity index (χ3v) is 11.6. The van der Waals surface area contributed by atoms with Crippen molar-refractivity contribution in [3.8, 4) is 17.0 Å². The molecule has 1 saturated heterocycles. The molecule has 0 N–H and O–H groups in total. The van der Waals surface area contributed by atoms with Crippen molar-refractivity contribution in [2.45, 2.75) is 123 Å². The second-order valence-corrected chi connectivity index (χ2v) is 18.9. The molecule has 2 unspecified atom stereocenters. The summed E-state index contributed by atoms with van der Waals surface area (Å²) in [7, 11) is 0. The van der Waals surface area contributed by atoms with Crippen molar-refractivity contribution in [1.29, 1.82) is 0 Å². The van der Waals surface area contributed by atoms with E-state index in [1.54, 1.807) is 21.9 Å². The number of hydrogen-bond donors (Lipinski definition) is 0. The molecule has 3 aromatic carbocycles. The molecule has 3 aliphatic rings. The van der Waals surface area contributed by atoms with Crippen LogP contribution in [0.2, 0.25) is 10.0 Å². The Bertz CT molecular complexity index is 2250. The van der Waals surface area contributed by atoms with Gasteiger partial charge in [0, 0.05) is 49.4 Å². The Balaban J connectivity index is 1.09. The van der Waals surface area contributed by atoms with Crippen LogP contribution in [0.15, 0.2) is 65.2 Å². The van der Waals surface area contributed by atoms with E-state index in [9.17, 15) is 23.2 Å². The fourth-order valence-electron chi connectivity index (χ4n) is 7.58. The molecule has 0 radical (unpaired) electrons. The van der Waals surface area contributed by atoms with Crippen LogP contribution < -0.4 is 4.74 Å². The fraction of sp³-hybridized carbons (Fsp3) is 0.478. The van der Waals surface area contributed by atoms with E-state index in [-0.39, 0.29) is 66.7 Å². The van der Waals surface area contributed by atoms with Crippen LogP contribution in [0.1, 0.15) is 102 Å². The minimum Gasteiger partial charge on any atom is -0.486 e. The second kappa shape index (κ2) is 17.8. The first-order valence-electron chi connectivity index (χ1n) is 20.7. The standard InChI is InChI=1S/C46H52Cl2F2N4O7/c1-45(2,3)59-43(56)52-20-19-34(28-8-14-32(15-9-28)58-26-33-22-39(51-61-33)40-37(49)17-18-38(50)41(40)48)35(25-52)42(55)53(30-10-11-30)24-29-21-27(7-16-36(29)47)23-54(31-12-13-31)44(57)60-46(4,5)6/h7-9,14-18,21-22,30-31,34-35H,10-13,19-20,23-26H2,1-6H3. The predicted octanol–water partition coefficient (Wildman–Crippen LogP) is 10.9. The Labute approximate surface area is 365 Å². The molecule has 1 aliphatic heterocycles. The molecule has 0 spiro atoms. The minimum atomic E-state index is -0.776. The molecule has 3 amide bonds. The number of aromatic nitrogens is 1. The zero-order valence-corrected chi connectivity index (χ0v) is 36.8. The van der Waals surface area contributed by atoms with Crippen molar-refractivity contribution in [3.63, 3.8) is 0 Å². The zero-order chi connectivity index (χ0) is 43.8. The average Bonchev–Trinajstić information content (AvgIpc) is 4.15. The number of rotatable bonds is 12. The normalized spacial score (nSPS) is 18.1. The van der Waals surface area contributed by atoms with Gasteiger partial charge in [0.1, 0.15) is 40.9 Å². The molecular weight excluding hydrogens is 829 g/mol. The lowest BCUT2D eigenvalue weighted by atomic mass is 9.79. The van der Waals surface area contributed by atoms with Crippen molar-refractivity contribution >= 4 is 41.3 Å². The maximum Gasteiger partial charge on any atom is 0.410 e. The van der Waals surface area contributed by atoms with Crippen LogP contribution >= 0.6 is 23.2 Å². The molecule has 0 bridgehead atoms. The van der Waals surface area contributed by atoms with Crippen molar-refractivity contribution in [2.24, 2.45) is 5.92 Å². The van der Waals surface area contributed by atoms with Crippen LogP contribution in [0.3, 0.4) is 0 Å². The number of amides is 3. The Morgan fingerprint density at radius 3 is 2.13 bits per heavy atom. The van der Waals surface area contributed by atoms with E-state index >= 15 is 0 Å². The fourth-order valence-corrected chi connectivity index (χ4v) is 8.01. The van der Waals surface area contributed by atoms with Gasteiger partial charge in [0.2, 0.25) is 5.91 Å². The third kappa shape index (κ3) is 11.1. The van der Waals surface area contributed by atoms with Crippen molar-refractivity contribution in [1.82, 2.24) is 19.9 Å². The van der Waals surface area contributed by atoms with E-state index in [0.29, 0.717) is 30.3 Å². The van der Waals surface area contributed by atoms with Crippen molar-refractivity contribution in [2.75, 3.05) is 13.1 Å². The molecular formula is C46H52Cl2F2N4O7. The summed E-state index contributed by atoms with van der Waals surface area (Å²) in [6.45, 7) is 12.2.